The Morgan fingerprint density at radius 3 is 2.47 bits per heavy atom. The second-order valence-electron chi connectivity index (χ2n) is 6.67. The molecule has 2 N–H and O–H groups in total. The zero-order valence-electron chi connectivity index (χ0n) is 12.9. The third-order valence-electron chi connectivity index (χ3n) is 4.30. The molecule has 1 aliphatic heterocycles. The topological polar surface area (TPSA) is 66.6 Å². The first-order valence-electron chi connectivity index (χ1n) is 7.04. The third-order valence-corrected chi connectivity index (χ3v) is 6.33. The normalized spacial score (nSPS) is 24.7. The second kappa shape index (κ2) is 6.08. The molecule has 0 radical (unpaired) electrons. The first kappa shape index (κ1) is 16.9. The molecule has 0 saturated carbocycles. The van der Waals surface area contributed by atoms with Gasteiger partial charge in [0.1, 0.15) is 0 Å². The van der Waals surface area contributed by atoms with Crippen molar-refractivity contribution >= 4 is 10.2 Å². The van der Waals surface area contributed by atoms with Gasteiger partial charge in [-0.05, 0) is 37.6 Å². The van der Waals surface area contributed by atoms with Gasteiger partial charge in [-0.1, -0.05) is 20.8 Å². The van der Waals surface area contributed by atoms with E-state index < -0.39 is 10.2 Å². The standard InChI is InChI=1S/C13H29N3O2S/c1-11(13(2,3)4)15(5)19(17,18)16-8-6-7-12(9-14)10-16/h11-12H,6-10,14H2,1-5H3. The first-order valence-corrected chi connectivity index (χ1v) is 8.43. The summed E-state index contributed by atoms with van der Waals surface area (Å²) in [4.78, 5) is 0. The maximum Gasteiger partial charge on any atom is 0.281 e. The van der Waals surface area contributed by atoms with Crippen LogP contribution in [0.5, 0.6) is 0 Å². The van der Waals surface area contributed by atoms with Gasteiger partial charge in [-0.3, -0.25) is 0 Å². The van der Waals surface area contributed by atoms with Gasteiger partial charge in [-0.2, -0.15) is 17.0 Å². The van der Waals surface area contributed by atoms with Crippen LogP contribution in [0.2, 0.25) is 0 Å². The van der Waals surface area contributed by atoms with Gasteiger partial charge in [0.15, 0.2) is 0 Å². The van der Waals surface area contributed by atoms with Gasteiger partial charge in [-0.25, -0.2) is 0 Å². The molecule has 0 amide bonds. The van der Waals surface area contributed by atoms with Crippen LogP contribution in [0.3, 0.4) is 0 Å². The van der Waals surface area contributed by atoms with Gasteiger partial charge >= 0.3 is 0 Å². The largest absolute Gasteiger partial charge is 0.330 e. The highest BCUT2D eigenvalue weighted by molar-refractivity contribution is 7.86. The van der Waals surface area contributed by atoms with Gasteiger partial charge in [0, 0.05) is 26.2 Å². The summed E-state index contributed by atoms with van der Waals surface area (Å²) in [5.74, 6) is 0.293. The van der Waals surface area contributed by atoms with Crippen molar-refractivity contribution in [3.63, 3.8) is 0 Å². The lowest BCUT2D eigenvalue weighted by molar-refractivity contribution is 0.192. The van der Waals surface area contributed by atoms with Crippen LogP contribution in [0.4, 0.5) is 0 Å². The first-order chi connectivity index (χ1) is 8.60. The van der Waals surface area contributed by atoms with Crippen LogP contribution in [0.25, 0.3) is 0 Å². The Kier molecular flexibility index (Phi) is 5.40. The summed E-state index contributed by atoms with van der Waals surface area (Å²) >= 11 is 0. The molecule has 6 heteroatoms. The Labute approximate surface area is 118 Å². The Hall–Kier alpha value is -0.170. The fraction of sp³-hybridized carbons (Fsp3) is 1.00. The molecule has 0 spiro atoms. The van der Waals surface area contributed by atoms with Crippen molar-refractivity contribution in [1.82, 2.24) is 8.61 Å². The van der Waals surface area contributed by atoms with Crippen molar-refractivity contribution in [3.8, 4) is 0 Å². The van der Waals surface area contributed by atoms with E-state index in [2.05, 4.69) is 20.8 Å². The summed E-state index contributed by atoms with van der Waals surface area (Å²) in [6.45, 7) is 9.86. The molecule has 1 aliphatic rings. The Bertz CT molecular complexity index is 389. The maximum atomic E-state index is 12.6. The Morgan fingerprint density at radius 1 is 1.42 bits per heavy atom. The van der Waals surface area contributed by atoms with Crippen LogP contribution in [0, 0.1) is 11.3 Å². The summed E-state index contributed by atoms with van der Waals surface area (Å²) in [7, 11) is -1.70. The summed E-state index contributed by atoms with van der Waals surface area (Å²) in [6.07, 6.45) is 1.93. The molecule has 0 aromatic rings. The molecule has 0 aromatic heterocycles. The predicted molar refractivity (Wildman–Crippen MR) is 79.0 cm³/mol. The van der Waals surface area contributed by atoms with Crippen molar-refractivity contribution in [2.24, 2.45) is 17.1 Å². The highest BCUT2D eigenvalue weighted by atomic mass is 32.2. The number of nitrogens with two attached hydrogens (primary N) is 1. The van der Waals surface area contributed by atoms with Gasteiger partial charge in [0.2, 0.25) is 0 Å². The lowest BCUT2D eigenvalue weighted by Crippen LogP contribution is -2.52. The van der Waals surface area contributed by atoms with E-state index in [4.69, 9.17) is 5.73 Å². The van der Waals surface area contributed by atoms with E-state index in [1.54, 1.807) is 11.4 Å². The molecule has 0 aliphatic carbocycles. The Morgan fingerprint density at radius 2 is 2.00 bits per heavy atom. The molecule has 2 atom stereocenters. The monoisotopic (exact) mass is 291 g/mol. The van der Waals surface area contributed by atoms with Gasteiger partial charge in [-0.15, -0.1) is 0 Å². The van der Waals surface area contributed by atoms with E-state index >= 15 is 0 Å². The van der Waals surface area contributed by atoms with Crippen LogP contribution in [-0.4, -0.2) is 49.8 Å². The van der Waals surface area contributed by atoms with Crippen molar-refractivity contribution < 1.29 is 8.42 Å². The molecule has 0 bridgehead atoms. The van der Waals surface area contributed by atoms with Crippen LogP contribution in [0.1, 0.15) is 40.5 Å². The molecule has 5 nitrogen and oxygen atoms in total. The van der Waals surface area contributed by atoms with Crippen molar-refractivity contribution in [3.05, 3.63) is 0 Å². The van der Waals surface area contributed by atoms with E-state index in [1.807, 2.05) is 6.92 Å². The van der Waals surface area contributed by atoms with E-state index in [0.29, 0.717) is 25.6 Å². The molecule has 19 heavy (non-hydrogen) atoms. The van der Waals surface area contributed by atoms with E-state index in [1.165, 1.54) is 4.31 Å². The van der Waals surface area contributed by atoms with Crippen molar-refractivity contribution in [2.75, 3.05) is 26.7 Å². The Balaban J connectivity index is 2.85. The average Bonchev–Trinajstić information content (AvgIpc) is 2.35. The van der Waals surface area contributed by atoms with Crippen LogP contribution in [-0.2, 0) is 10.2 Å². The predicted octanol–water partition coefficient (Wildman–Crippen LogP) is 1.27. The number of hydrogen-bond donors (Lipinski definition) is 1. The van der Waals surface area contributed by atoms with Crippen LogP contribution in [0.15, 0.2) is 0 Å². The third kappa shape index (κ3) is 3.90. The van der Waals surface area contributed by atoms with Crippen molar-refractivity contribution in [1.29, 1.82) is 0 Å². The molecule has 1 fully saturated rings. The fourth-order valence-corrected chi connectivity index (χ4v) is 4.20. The zero-order chi connectivity index (χ0) is 14.8. The molecule has 1 saturated heterocycles. The van der Waals surface area contributed by atoms with E-state index in [-0.39, 0.29) is 11.5 Å². The number of piperidine rings is 1. The average molecular weight is 291 g/mol. The summed E-state index contributed by atoms with van der Waals surface area (Å²) in [5.41, 5.74) is 5.60. The second-order valence-corrected chi connectivity index (χ2v) is 8.66. The van der Waals surface area contributed by atoms with Gasteiger partial charge < -0.3 is 5.73 Å². The smallest absolute Gasteiger partial charge is 0.281 e. The highest BCUT2D eigenvalue weighted by Crippen LogP contribution is 2.27. The molecule has 1 rings (SSSR count). The van der Waals surface area contributed by atoms with E-state index in [9.17, 15) is 8.42 Å². The molecule has 0 aromatic carbocycles. The van der Waals surface area contributed by atoms with Crippen molar-refractivity contribution in [2.45, 2.75) is 46.6 Å². The zero-order valence-corrected chi connectivity index (χ0v) is 13.7. The minimum atomic E-state index is -3.38. The quantitative estimate of drug-likeness (QED) is 0.848. The lowest BCUT2D eigenvalue weighted by atomic mass is 9.88. The van der Waals surface area contributed by atoms with Gasteiger partial charge in [0.25, 0.3) is 10.2 Å². The summed E-state index contributed by atoms with van der Waals surface area (Å²) in [5, 5.41) is 0. The molecule has 1 heterocycles. The summed E-state index contributed by atoms with van der Waals surface area (Å²) in [6, 6.07) is -0.0456. The van der Waals surface area contributed by atoms with Crippen LogP contribution >= 0.6 is 0 Å². The number of nitrogens with zero attached hydrogens (tertiary/aromatic N) is 2. The molecule has 114 valence electrons. The maximum absolute atomic E-state index is 12.6. The minimum absolute atomic E-state index is 0.0456. The molecular formula is C13H29N3O2S. The van der Waals surface area contributed by atoms with Crippen LogP contribution < -0.4 is 5.73 Å². The SMILES string of the molecule is CC(N(C)S(=O)(=O)N1CCCC(CN)C1)C(C)(C)C. The fourth-order valence-electron chi connectivity index (χ4n) is 2.36. The van der Waals surface area contributed by atoms with Gasteiger partial charge in [0.05, 0.1) is 0 Å². The summed E-state index contributed by atoms with van der Waals surface area (Å²) < 4.78 is 28.4. The van der Waals surface area contributed by atoms with E-state index in [0.717, 1.165) is 12.8 Å². The number of hydrogen-bond acceptors (Lipinski definition) is 3. The number of rotatable bonds is 4. The molecule has 2 unspecified atom stereocenters. The molecular weight excluding hydrogens is 262 g/mol. The highest BCUT2D eigenvalue weighted by Gasteiger charge is 2.37. The minimum Gasteiger partial charge on any atom is -0.330 e. The lowest BCUT2D eigenvalue weighted by Gasteiger charge is -2.39.